The van der Waals surface area contributed by atoms with Crippen LogP contribution in [0.2, 0.25) is 5.02 Å². The Kier molecular flexibility index (Phi) is 4.52. The molecule has 4 nitrogen and oxygen atoms in total. The van der Waals surface area contributed by atoms with Crippen LogP contribution in [-0.2, 0) is 0 Å². The molecule has 0 aliphatic heterocycles. The monoisotopic (exact) mass is 306 g/mol. The van der Waals surface area contributed by atoms with Crippen LogP contribution in [0.1, 0.15) is 24.2 Å². The van der Waals surface area contributed by atoms with Gasteiger partial charge in [-0.15, -0.1) is 0 Å². The average molecular weight is 307 g/mol. The van der Waals surface area contributed by atoms with E-state index in [1.165, 1.54) is 0 Å². The minimum Gasteiger partial charge on any atom is -0.388 e. The summed E-state index contributed by atoms with van der Waals surface area (Å²) < 4.78 is 0. The Morgan fingerprint density at radius 1 is 1.35 bits per heavy atom. The van der Waals surface area contributed by atoms with E-state index in [4.69, 9.17) is 29.6 Å². The van der Waals surface area contributed by atoms with Crippen LogP contribution in [-0.4, -0.2) is 22.0 Å². The molecule has 1 heterocycles. The van der Waals surface area contributed by atoms with Crippen molar-refractivity contribution in [2.24, 2.45) is 5.73 Å². The number of hydrogen-bond acceptors (Lipinski definition) is 4. The van der Waals surface area contributed by atoms with Crippen LogP contribution in [0.5, 0.6) is 0 Å². The van der Waals surface area contributed by atoms with Gasteiger partial charge in [0, 0.05) is 24.5 Å². The van der Waals surface area contributed by atoms with Crippen LogP contribution in [0.25, 0.3) is 0 Å². The molecule has 0 amide bonds. The Morgan fingerprint density at radius 3 is 2.70 bits per heavy atom. The predicted octanol–water partition coefficient (Wildman–Crippen LogP) is 2.96. The van der Waals surface area contributed by atoms with E-state index >= 15 is 0 Å². The van der Waals surface area contributed by atoms with Crippen molar-refractivity contribution in [3.05, 3.63) is 52.9 Å². The predicted molar refractivity (Wildman–Crippen MR) is 86.2 cm³/mol. The Hall–Kier alpha value is -1.72. The van der Waals surface area contributed by atoms with Crippen molar-refractivity contribution in [3.8, 4) is 0 Å². The zero-order valence-electron chi connectivity index (χ0n) is 11.2. The van der Waals surface area contributed by atoms with Crippen molar-refractivity contribution in [1.29, 1.82) is 0 Å². The SMILES string of the molecule is CC(c1cccc(Cl)c1)N(C)c1nccnc1C(N)=S. The molecular formula is C14H15ClN4S. The molecule has 2 rings (SSSR count). The number of rotatable bonds is 4. The molecular weight excluding hydrogens is 292 g/mol. The number of benzene rings is 1. The molecule has 6 heteroatoms. The molecule has 0 spiro atoms. The highest BCUT2D eigenvalue weighted by Gasteiger charge is 2.18. The highest BCUT2D eigenvalue weighted by atomic mass is 35.5. The zero-order chi connectivity index (χ0) is 14.7. The third-order valence-electron chi connectivity index (χ3n) is 3.16. The smallest absolute Gasteiger partial charge is 0.157 e. The molecule has 0 radical (unpaired) electrons. The molecule has 1 aromatic heterocycles. The molecule has 0 aliphatic carbocycles. The third-order valence-corrected chi connectivity index (χ3v) is 3.59. The fourth-order valence-corrected chi connectivity index (χ4v) is 2.28. The van der Waals surface area contributed by atoms with Gasteiger partial charge in [0.1, 0.15) is 10.7 Å². The summed E-state index contributed by atoms with van der Waals surface area (Å²) in [6.45, 7) is 2.06. The molecule has 2 aromatic rings. The summed E-state index contributed by atoms with van der Waals surface area (Å²) in [6, 6.07) is 7.79. The number of anilines is 1. The molecule has 2 N–H and O–H groups in total. The Morgan fingerprint density at radius 2 is 2.05 bits per heavy atom. The minimum absolute atomic E-state index is 0.0681. The molecule has 104 valence electrons. The molecule has 0 saturated carbocycles. The first-order chi connectivity index (χ1) is 9.50. The second kappa shape index (κ2) is 6.15. The summed E-state index contributed by atoms with van der Waals surface area (Å²) in [5.41, 5.74) is 7.31. The number of aromatic nitrogens is 2. The Bertz CT molecular complexity index is 632. The second-order valence-corrected chi connectivity index (χ2v) is 5.31. The Labute approximate surface area is 128 Å². The normalized spacial score (nSPS) is 11.9. The van der Waals surface area contributed by atoms with E-state index in [9.17, 15) is 0 Å². The Balaban J connectivity index is 2.36. The van der Waals surface area contributed by atoms with Crippen molar-refractivity contribution < 1.29 is 0 Å². The van der Waals surface area contributed by atoms with Crippen LogP contribution in [0.4, 0.5) is 5.82 Å². The first-order valence-corrected chi connectivity index (χ1v) is 6.88. The highest BCUT2D eigenvalue weighted by Crippen LogP contribution is 2.26. The molecule has 1 aromatic carbocycles. The summed E-state index contributed by atoms with van der Waals surface area (Å²) in [7, 11) is 1.93. The summed E-state index contributed by atoms with van der Waals surface area (Å²) in [5.74, 6) is 0.660. The van der Waals surface area contributed by atoms with Gasteiger partial charge < -0.3 is 10.6 Å². The van der Waals surface area contributed by atoms with E-state index in [0.29, 0.717) is 16.5 Å². The molecule has 1 atom stereocenters. The maximum Gasteiger partial charge on any atom is 0.157 e. The fraction of sp³-hybridized carbons (Fsp3) is 0.214. The van der Waals surface area contributed by atoms with E-state index in [0.717, 1.165) is 5.56 Å². The van der Waals surface area contributed by atoms with Crippen LogP contribution in [0.15, 0.2) is 36.7 Å². The van der Waals surface area contributed by atoms with Crippen molar-refractivity contribution in [2.75, 3.05) is 11.9 Å². The number of halogens is 1. The second-order valence-electron chi connectivity index (χ2n) is 4.43. The van der Waals surface area contributed by atoms with Crippen molar-refractivity contribution in [2.45, 2.75) is 13.0 Å². The maximum atomic E-state index is 6.03. The molecule has 1 unspecified atom stereocenters. The van der Waals surface area contributed by atoms with Gasteiger partial charge in [-0.05, 0) is 24.6 Å². The van der Waals surface area contributed by atoms with E-state index < -0.39 is 0 Å². The molecule has 20 heavy (non-hydrogen) atoms. The largest absolute Gasteiger partial charge is 0.388 e. The topological polar surface area (TPSA) is 55.0 Å². The van der Waals surface area contributed by atoms with Crippen molar-refractivity contribution >= 4 is 34.6 Å². The summed E-state index contributed by atoms with van der Waals surface area (Å²) in [5, 5.41) is 0.705. The zero-order valence-corrected chi connectivity index (χ0v) is 12.8. The molecule has 0 saturated heterocycles. The van der Waals surface area contributed by atoms with Gasteiger partial charge in [0.15, 0.2) is 5.82 Å². The van der Waals surface area contributed by atoms with E-state index in [1.54, 1.807) is 12.4 Å². The number of hydrogen-bond donors (Lipinski definition) is 1. The number of nitrogens with two attached hydrogens (primary N) is 1. The van der Waals surface area contributed by atoms with Gasteiger partial charge in [-0.25, -0.2) is 9.97 Å². The lowest BCUT2D eigenvalue weighted by Crippen LogP contribution is -2.26. The molecule has 0 aliphatic rings. The first kappa shape index (κ1) is 14.7. The highest BCUT2D eigenvalue weighted by molar-refractivity contribution is 7.80. The average Bonchev–Trinajstić information content (AvgIpc) is 2.45. The fourth-order valence-electron chi connectivity index (χ4n) is 1.94. The third kappa shape index (κ3) is 3.05. The van der Waals surface area contributed by atoms with Gasteiger partial charge in [-0.1, -0.05) is 36.0 Å². The lowest BCUT2D eigenvalue weighted by atomic mass is 10.1. The standard InChI is InChI=1S/C14H15ClN4S/c1-9(10-4-3-5-11(15)8-10)19(2)14-12(13(16)20)17-6-7-18-14/h3-9H,1-2H3,(H2,16,20). The van der Waals surface area contributed by atoms with Crippen molar-refractivity contribution in [3.63, 3.8) is 0 Å². The summed E-state index contributed by atoms with van der Waals surface area (Å²) in [4.78, 5) is 10.7. The number of nitrogens with zero attached hydrogens (tertiary/aromatic N) is 3. The van der Waals surface area contributed by atoms with Crippen LogP contribution >= 0.6 is 23.8 Å². The van der Waals surface area contributed by atoms with Crippen LogP contribution in [0, 0.1) is 0 Å². The minimum atomic E-state index is 0.0681. The first-order valence-electron chi connectivity index (χ1n) is 6.10. The molecule has 0 fully saturated rings. The van der Waals surface area contributed by atoms with E-state index in [2.05, 4.69) is 16.9 Å². The van der Waals surface area contributed by atoms with Gasteiger partial charge in [0.2, 0.25) is 0 Å². The van der Waals surface area contributed by atoms with Crippen molar-refractivity contribution in [1.82, 2.24) is 9.97 Å². The molecule has 0 bridgehead atoms. The summed E-state index contributed by atoms with van der Waals surface area (Å²) >= 11 is 11.1. The van der Waals surface area contributed by atoms with Gasteiger partial charge in [0.05, 0.1) is 6.04 Å². The van der Waals surface area contributed by atoms with Crippen LogP contribution in [0.3, 0.4) is 0 Å². The van der Waals surface area contributed by atoms with Gasteiger partial charge in [0.25, 0.3) is 0 Å². The van der Waals surface area contributed by atoms with Crippen LogP contribution < -0.4 is 10.6 Å². The lowest BCUT2D eigenvalue weighted by molar-refractivity contribution is 0.725. The number of thiocarbonyl (C=S) groups is 1. The summed E-state index contributed by atoms with van der Waals surface area (Å²) in [6.07, 6.45) is 3.20. The van der Waals surface area contributed by atoms with Gasteiger partial charge in [-0.2, -0.15) is 0 Å². The van der Waals surface area contributed by atoms with Gasteiger partial charge >= 0.3 is 0 Å². The maximum absolute atomic E-state index is 6.03. The lowest BCUT2D eigenvalue weighted by Gasteiger charge is -2.27. The van der Waals surface area contributed by atoms with E-state index in [-0.39, 0.29) is 11.0 Å². The quantitative estimate of drug-likeness (QED) is 0.880. The van der Waals surface area contributed by atoms with E-state index in [1.807, 2.05) is 36.2 Å². The van der Waals surface area contributed by atoms with Gasteiger partial charge in [-0.3, -0.25) is 0 Å².